The van der Waals surface area contributed by atoms with Gasteiger partial charge < -0.3 is 5.32 Å². The van der Waals surface area contributed by atoms with Crippen molar-refractivity contribution in [2.45, 2.75) is 76.3 Å². The van der Waals surface area contributed by atoms with Crippen LogP contribution >= 0.6 is 0 Å². The van der Waals surface area contributed by atoms with E-state index in [2.05, 4.69) is 42.6 Å². The van der Waals surface area contributed by atoms with Crippen LogP contribution in [0.25, 0.3) is 0 Å². The summed E-state index contributed by atoms with van der Waals surface area (Å²) in [6, 6.07) is 12.6. The fraction of sp³-hybridized carbons (Fsp3) is 0.684. The van der Waals surface area contributed by atoms with Crippen LogP contribution in [0, 0.1) is 5.92 Å². The highest BCUT2D eigenvalue weighted by atomic mass is 15.0. The summed E-state index contributed by atoms with van der Waals surface area (Å²) in [4.78, 5) is 0. The van der Waals surface area contributed by atoms with Gasteiger partial charge in [-0.25, -0.2) is 0 Å². The van der Waals surface area contributed by atoms with Crippen LogP contribution in [-0.2, 0) is 0 Å². The van der Waals surface area contributed by atoms with Crippen LogP contribution in [0.2, 0.25) is 0 Å². The van der Waals surface area contributed by atoms with E-state index in [0.717, 1.165) is 23.9 Å². The smallest absolute Gasteiger partial charge is 0.00700 e. The summed E-state index contributed by atoms with van der Waals surface area (Å²) in [5, 5.41) is 3.93. The van der Waals surface area contributed by atoms with E-state index in [1.807, 2.05) is 0 Å². The van der Waals surface area contributed by atoms with Gasteiger partial charge in [0.15, 0.2) is 0 Å². The lowest BCUT2D eigenvalue weighted by Gasteiger charge is -2.33. The Bertz CT molecular complexity index is 385. The minimum absolute atomic E-state index is 0.732. The third-order valence-corrected chi connectivity index (χ3v) is 5.60. The highest BCUT2D eigenvalue weighted by Gasteiger charge is 2.26. The highest BCUT2D eigenvalue weighted by molar-refractivity contribution is 5.20. The van der Waals surface area contributed by atoms with Crippen molar-refractivity contribution in [2.24, 2.45) is 5.92 Å². The first-order valence-electron chi connectivity index (χ1n) is 8.64. The molecule has 2 saturated carbocycles. The predicted molar refractivity (Wildman–Crippen MR) is 86.0 cm³/mol. The number of hydrogen-bond donors (Lipinski definition) is 1. The minimum atomic E-state index is 0.732. The van der Waals surface area contributed by atoms with Gasteiger partial charge in [0.1, 0.15) is 0 Å². The van der Waals surface area contributed by atoms with Crippen LogP contribution in [0.15, 0.2) is 30.3 Å². The summed E-state index contributed by atoms with van der Waals surface area (Å²) in [5.74, 6) is 1.75. The van der Waals surface area contributed by atoms with Crippen molar-refractivity contribution >= 4 is 0 Å². The number of benzene rings is 1. The monoisotopic (exact) mass is 271 g/mol. The molecule has 1 N–H and O–H groups in total. The van der Waals surface area contributed by atoms with Crippen molar-refractivity contribution < 1.29 is 0 Å². The van der Waals surface area contributed by atoms with Crippen molar-refractivity contribution in [3.05, 3.63) is 35.9 Å². The van der Waals surface area contributed by atoms with E-state index in [0.29, 0.717) is 0 Å². The van der Waals surface area contributed by atoms with Gasteiger partial charge >= 0.3 is 0 Å². The maximum atomic E-state index is 3.93. The SMILES string of the molecule is C[C@@H](NC1CCC(c2ccccc2)CC1)C1CCCC1. The molecule has 1 heteroatoms. The normalized spacial score (nSPS) is 29.4. The van der Waals surface area contributed by atoms with Crippen LogP contribution < -0.4 is 5.32 Å². The van der Waals surface area contributed by atoms with Crippen molar-refractivity contribution in [1.29, 1.82) is 0 Å². The zero-order valence-corrected chi connectivity index (χ0v) is 12.9. The lowest BCUT2D eigenvalue weighted by atomic mass is 9.81. The summed E-state index contributed by atoms with van der Waals surface area (Å²) >= 11 is 0. The number of nitrogens with one attached hydrogen (secondary N) is 1. The van der Waals surface area contributed by atoms with E-state index in [4.69, 9.17) is 0 Å². The Balaban J connectivity index is 1.46. The molecule has 0 amide bonds. The molecule has 0 radical (unpaired) electrons. The van der Waals surface area contributed by atoms with Crippen LogP contribution in [0.3, 0.4) is 0 Å². The Morgan fingerprint density at radius 3 is 2.20 bits per heavy atom. The predicted octanol–water partition coefficient (Wildman–Crippen LogP) is 4.88. The molecule has 2 aliphatic rings. The molecule has 1 aromatic rings. The van der Waals surface area contributed by atoms with Gasteiger partial charge in [0.25, 0.3) is 0 Å². The van der Waals surface area contributed by atoms with E-state index in [1.54, 1.807) is 5.56 Å². The molecule has 0 unspecified atom stereocenters. The molecule has 0 heterocycles. The average molecular weight is 271 g/mol. The van der Waals surface area contributed by atoms with Gasteiger partial charge in [-0.2, -0.15) is 0 Å². The molecule has 0 spiro atoms. The van der Waals surface area contributed by atoms with E-state index >= 15 is 0 Å². The summed E-state index contributed by atoms with van der Waals surface area (Å²) in [5.41, 5.74) is 1.55. The quantitative estimate of drug-likeness (QED) is 0.823. The maximum Gasteiger partial charge on any atom is 0.00700 e. The molecule has 0 bridgehead atoms. The van der Waals surface area contributed by atoms with Crippen LogP contribution in [-0.4, -0.2) is 12.1 Å². The second kappa shape index (κ2) is 6.76. The zero-order chi connectivity index (χ0) is 13.8. The maximum absolute atomic E-state index is 3.93. The zero-order valence-electron chi connectivity index (χ0n) is 12.9. The van der Waals surface area contributed by atoms with E-state index in [1.165, 1.54) is 51.4 Å². The van der Waals surface area contributed by atoms with E-state index < -0.39 is 0 Å². The summed E-state index contributed by atoms with van der Waals surface area (Å²) < 4.78 is 0. The van der Waals surface area contributed by atoms with Crippen molar-refractivity contribution in [3.8, 4) is 0 Å². The first kappa shape index (κ1) is 14.1. The molecule has 1 nitrogen and oxygen atoms in total. The Kier molecular flexibility index (Phi) is 4.77. The molecule has 20 heavy (non-hydrogen) atoms. The summed E-state index contributed by atoms with van der Waals surface area (Å²) in [7, 11) is 0. The molecule has 0 aliphatic heterocycles. The third kappa shape index (κ3) is 3.44. The molecule has 2 aliphatic carbocycles. The van der Waals surface area contributed by atoms with Gasteiger partial charge in [-0.05, 0) is 62.8 Å². The number of rotatable bonds is 4. The average Bonchev–Trinajstić information content (AvgIpc) is 3.03. The molecular formula is C19H29N. The third-order valence-electron chi connectivity index (χ3n) is 5.60. The van der Waals surface area contributed by atoms with E-state index in [-0.39, 0.29) is 0 Å². The van der Waals surface area contributed by atoms with Crippen LogP contribution in [0.1, 0.15) is 69.8 Å². The van der Waals surface area contributed by atoms with Gasteiger partial charge in [-0.3, -0.25) is 0 Å². The first-order chi connectivity index (χ1) is 9.83. The summed E-state index contributed by atoms with van der Waals surface area (Å²) in [6.45, 7) is 2.42. The Hall–Kier alpha value is -0.820. The van der Waals surface area contributed by atoms with Crippen molar-refractivity contribution in [3.63, 3.8) is 0 Å². The minimum Gasteiger partial charge on any atom is -0.311 e. The van der Waals surface area contributed by atoms with Gasteiger partial charge in [0, 0.05) is 12.1 Å². The standard InChI is InChI=1S/C19H29N/c1-15(16-7-5-6-8-16)20-19-13-11-18(12-14-19)17-9-3-2-4-10-17/h2-4,9-10,15-16,18-20H,5-8,11-14H2,1H3/t15-,18?,19?/m1/s1. The summed E-state index contributed by atoms with van der Waals surface area (Å²) in [6.07, 6.45) is 11.3. The Labute approximate surface area is 124 Å². The molecule has 1 atom stereocenters. The van der Waals surface area contributed by atoms with Crippen molar-refractivity contribution in [2.75, 3.05) is 0 Å². The number of hydrogen-bond acceptors (Lipinski definition) is 1. The Morgan fingerprint density at radius 1 is 0.900 bits per heavy atom. The lowest BCUT2D eigenvalue weighted by molar-refractivity contribution is 0.279. The molecular weight excluding hydrogens is 242 g/mol. The lowest BCUT2D eigenvalue weighted by Crippen LogP contribution is -2.42. The van der Waals surface area contributed by atoms with Gasteiger partial charge in [-0.15, -0.1) is 0 Å². The highest BCUT2D eigenvalue weighted by Crippen LogP contribution is 2.34. The molecule has 110 valence electrons. The van der Waals surface area contributed by atoms with Crippen LogP contribution in [0.5, 0.6) is 0 Å². The van der Waals surface area contributed by atoms with Gasteiger partial charge in [-0.1, -0.05) is 43.2 Å². The largest absolute Gasteiger partial charge is 0.311 e. The fourth-order valence-electron chi connectivity index (χ4n) is 4.28. The van der Waals surface area contributed by atoms with Crippen molar-refractivity contribution in [1.82, 2.24) is 5.32 Å². The first-order valence-corrected chi connectivity index (χ1v) is 8.64. The molecule has 0 saturated heterocycles. The van der Waals surface area contributed by atoms with Gasteiger partial charge in [0.2, 0.25) is 0 Å². The Morgan fingerprint density at radius 2 is 1.55 bits per heavy atom. The molecule has 2 fully saturated rings. The molecule has 0 aromatic heterocycles. The van der Waals surface area contributed by atoms with Gasteiger partial charge in [0.05, 0.1) is 0 Å². The molecule has 1 aromatic carbocycles. The fourth-order valence-corrected chi connectivity index (χ4v) is 4.28. The van der Waals surface area contributed by atoms with Crippen LogP contribution in [0.4, 0.5) is 0 Å². The second-order valence-corrected chi connectivity index (χ2v) is 6.96. The van der Waals surface area contributed by atoms with E-state index in [9.17, 15) is 0 Å². The molecule has 3 rings (SSSR count). The second-order valence-electron chi connectivity index (χ2n) is 6.96. The topological polar surface area (TPSA) is 12.0 Å².